The Morgan fingerprint density at radius 1 is 1.19 bits per heavy atom. The summed E-state index contributed by atoms with van der Waals surface area (Å²) in [5.74, 6) is -2.24. The van der Waals surface area contributed by atoms with Crippen LogP contribution in [0.2, 0.25) is 5.02 Å². The van der Waals surface area contributed by atoms with Crippen molar-refractivity contribution in [2.45, 2.75) is 6.92 Å². The van der Waals surface area contributed by atoms with E-state index in [-0.39, 0.29) is 11.3 Å². The molecule has 0 heterocycles. The lowest BCUT2D eigenvalue weighted by atomic mass is 10.1. The third-order valence-corrected chi connectivity index (χ3v) is 2.98. The van der Waals surface area contributed by atoms with E-state index in [4.69, 9.17) is 11.6 Å². The van der Waals surface area contributed by atoms with Crippen molar-refractivity contribution in [2.24, 2.45) is 0 Å². The number of benzene rings is 2. The second kappa shape index (κ2) is 6.54. The van der Waals surface area contributed by atoms with Crippen molar-refractivity contribution in [1.29, 1.82) is 0 Å². The van der Waals surface area contributed by atoms with Crippen molar-refractivity contribution in [3.05, 3.63) is 58.6 Å². The molecule has 1 amide bonds. The standard InChI is InChI=1S/C15H13ClF2N2O/c1-2-19-14-12(17)6-9(7-13(14)18)15(21)20-11-5-3-4-10(16)8-11/h3-8,19H,2H2,1H3,(H,20,21). The summed E-state index contributed by atoms with van der Waals surface area (Å²) in [5.41, 5.74) is 0.104. The third-order valence-electron chi connectivity index (χ3n) is 2.74. The zero-order valence-electron chi connectivity index (χ0n) is 11.2. The number of hydrogen-bond acceptors (Lipinski definition) is 2. The Bertz CT molecular complexity index is 653. The Labute approximate surface area is 125 Å². The maximum absolute atomic E-state index is 13.8. The van der Waals surface area contributed by atoms with Gasteiger partial charge in [-0.05, 0) is 37.3 Å². The van der Waals surface area contributed by atoms with Gasteiger partial charge >= 0.3 is 0 Å². The molecule has 0 aliphatic carbocycles. The van der Waals surface area contributed by atoms with Crippen LogP contribution in [0.25, 0.3) is 0 Å². The average Bonchev–Trinajstić information content (AvgIpc) is 2.42. The molecule has 2 aromatic rings. The van der Waals surface area contributed by atoms with Crippen LogP contribution in [0.5, 0.6) is 0 Å². The normalized spacial score (nSPS) is 10.3. The minimum atomic E-state index is -0.812. The Kier molecular flexibility index (Phi) is 4.75. The van der Waals surface area contributed by atoms with Crippen molar-refractivity contribution < 1.29 is 13.6 Å². The monoisotopic (exact) mass is 310 g/mol. The van der Waals surface area contributed by atoms with Gasteiger partial charge in [-0.1, -0.05) is 17.7 Å². The van der Waals surface area contributed by atoms with E-state index in [1.807, 2.05) is 0 Å². The largest absolute Gasteiger partial charge is 0.381 e. The van der Waals surface area contributed by atoms with Gasteiger partial charge in [-0.3, -0.25) is 4.79 Å². The molecule has 0 unspecified atom stereocenters. The fraction of sp³-hybridized carbons (Fsp3) is 0.133. The fourth-order valence-electron chi connectivity index (χ4n) is 1.82. The highest BCUT2D eigenvalue weighted by Gasteiger charge is 2.15. The van der Waals surface area contributed by atoms with E-state index in [2.05, 4.69) is 10.6 Å². The minimum absolute atomic E-state index is 0.105. The van der Waals surface area contributed by atoms with E-state index in [9.17, 15) is 13.6 Å². The zero-order valence-corrected chi connectivity index (χ0v) is 12.0. The van der Waals surface area contributed by atoms with Crippen LogP contribution in [0.4, 0.5) is 20.2 Å². The number of nitrogens with one attached hydrogen (secondary N) is 2. The molecule has 2 aromatic carbocycles. The molecule has 110 valence electrons. The lowest BCUT2D eigenvalue weighted by Gasteiger charge is -2.10. The lowest BCUT2D eigenvalue weighted by Crippen LogP contribution is -2.13. The first kappa shape index (κ1) is 15.3. The molecule has 0 spiro atoms. The van der Waals surface area contributed by atoms with Crippen LogP contribution in [0.15, 0.2) is 36.4 Å². The Balaban J connectivity index is 2.24. The number of rotatable bonds is 4. The smallest absolute Gasteiger partial charge is 0.255 e. The summed E-state index contributed by atoms with van der Waals surface area (Å²) in [6, 6.07) is 8.46. The van der Waals surface area contributed by atoms with Crippen molar-refractivity contribution in [1.82, 2.24) is 0 Å². The summed E-state index contributed by atoms with van der Waals surface area (Å²) in [6.07, 6.45) is 0. The van der Waals surface area contributed by atoms with Gasteiger partial charge in [0, 0.05) is 22.8 Å². The van der Waals surface area contributed by atoms with Gasteiger partial charge in [0.2, 0.25) is 0 Å². The van der Waals surface area contributed by atoms with E-state index >= 15 is 0 Å². The molecule has 3 nitrogen and oxygen atoms in total. The van der Waals surface area contributed by atoms with Crippen molar-refractivity contribution in [3.63, 3.8) is 0 Å². The van der Waals surface area contributed by atoms with E-state index in [0.717, 1.165) is 12.1 Å². The molecule has 0 aliphatic heterocycles. The van der Waals surface area contributed by atoms with Gasteiger partial charge in [-0.25, -0.2) is 8.78 Å². The number of hydrogen-bond donors (Lipinski definition) is 2. The predicted octanol–water partition coefficient (Wildman–Crippen LogP) is 4.30. The van der Waals surface area contributed by atoms with Gasteiger partial charge in [-0.2, -0.15) is 0 Å². The van der Waals surface area contributed by atoms with Crippen molar-refractivity contribution >= 4 is 28.9 Å². The van der Waals surface area contributed by atoms with Crippen LogP contribution in [-0.2, 0) is 0 Å². The maximum Gasteiger partial charge on any atom is 0.255 e. The minimum Gasteiger partial charge on any atom is -0.381 e. The molecule has 0 fully saturated rings. The average molecular weight is 311 g/mol. The Morgan fingerprint density at radius 3 is 2.43 bits per heavy atom. The summed E-state index contributed by atoms with van der Waals surface area (Å²) in [4.78, 5) is 12.0. The molecule has 0 radical (unpaired) electrons. The molecule has 0 saturated carbocycles. The molecule has 2 N–H and O–H groups in total. The van der Waals surface area contributed by atoms with Gasteiger partial charge in [0.25, 0.3) is 5.91 Å². The second-order valence-corrected chi connectivity index (χ2v) is 4.75. The van der Waals surface area contributed by atoms with Gasteiger partial charge < -0.3 is 10.6 Å². The fourth-order valence-corrected chi connectivity index (χ4v) is 2.01. The predicted molar refractivity (Wildman–Crippen MR) is 79.9 cm³/mol. The number of carbonyl (C=O) groups is 1. The molecular formula is C15H13ClF2N2O. The Morgan fingerprint density at radius 2 is 1.86 bits per heavy atom. The Hall–Kier alpha value is -2.14. The van der Waals surface area contributed by atoms with E-state index in [1.165, 1.54) is 0 Å². The summed E-state index contributed by atoms with van der Waals surface area (Å²) < 4.78 is 27.5. The van der Waals surface area contributed by atoms with Gasteiger partial charge in [0.05, 0.1) is 0 Å². The number of amides is 1. The molecule has 21 heavy (non-hydrogen) atoms. The van der Waals surface area contributed by atoms with Crippen LogP contribution in [-0.4, -0.2) is 12.5 Å². The van der Waals surface area contributed by atoms with Crippen LogP contribution < -0.4 is 10.6 Å². The van der Waals surface area contributed by atoms with Crippen LogP contribution >= 0.6 is 11.6 Å². The first-order valence-corrected chi connectivity index (χ1v) is 6.69. The van der Waals surface area contributed by atoms with E-state index in [0.29, 0.717) is 17.3 Å². The van der Waals surface area contributed by atoms with Gasteiger partial charge in [-0.15, -0.1) is 0 Å². The van der Waals surface area contributed by atoms with Gasteiger partial charge in [0.15, 0.2) is 0 Å². The lowest BCUT2D eigenvalue weighted by molar-refractivity contribution is 0.102. The molecule has 0 aromatic heterocycles. The number of carbonyl (C=O) groups excluding carboxylic acids is 1. The van der Waals surface area contributed by atoms with Gasteiger partial charge in [0.1, 0.15) is 17.3 Å². The molecular weight excluding hydrogens is 298 g/mol. The highest BCUT2D eigenvalue weighted by Crippen LogP contribution is 2.22. The highest BCUT2D eigenvalue weighted by molar-refractivity contribution is 6.30. The molecule has 0 saturated heterocycles. The first-order chi connectivity index (χ1) is 10.0. The SMILES string of the molecule is CCNc1c(F)cc(C(=O)Nc2cccc(Cl)c2)cc1F. The topological polar surface area (TPSA) is 41.1 Å². The van der Waals surface area contributed by atoms with Crippen molar-refractivity contribution in [3.8, 4) is 0 Å². The molecule has 0 aliphatic rings. The molecule has 0 atom stereocenters. The third kappa shape index (κ3) is 3.70. The highest BCUT2D eigenvalue weighted by atomic mass is 35.5. The second-order valence-electron chi connectivity index (χ2n) is 4.31. The zero-order chi connectivity index (χ0) is 15.4. The first-order valence-electron chi connectivity index (χ1n) is 6.31. The summed E-state index contributed by atoms with van der Waals surface area (Å²) in [7, 11) is 0. The summed E-state index contributed by atoms with van der Waals surface area (Å²) in [6.45, 7) is 2.10. The van der Waals surface area contributed by atoms with Crippen LogP contribution in [0.1, 0.15) is 17.3 Å². The molecule has 6 heteroatoms. The number of anilines is 2. The van der Waals surface area contributed by atoms with Crippen LogP contribution in [0, 0.1) is 11.6 Å². The summed E-state index contributed by atoms with van der Waals surface area (Å²) in [5, 5.41) is 5.55. The summed E-state index contributed by atoms with van der Waals surface area (Å²) >= 11 is 5.80. The van der Waals surface area contributed by atoms with E-state index < -0.39 is 17.5 Å². The van der Waals surface area contributed by atoms with E-state index in [1.54, 1.807) is 31.2 Å². The quantitative estimate of drug-likeness (QED) is 0.884. The molecule has 0 bridgehead atoms. The van der Waals surface area contributed by atoms with Crippen LogP contribution in [0.3, 0.4) is 0 Å². The van der Waals surface area contributed by atoms with Crippen molar-refractivity contribution in [2.75, 3.05) is 17.2 Å². The number of halogens is 3. The maximum atomic E-state index is 13.8. The molecule has 2 rings (SSSR count).